The number of benzene rings is 1. The zero-order valence-electron chi connectivity index (χ0n) is 14.2. The number of hydrogen-bond donors (Lipinski definition) is 1. The van der Waals surface area contributed by atoms with Crippen molar-refractivity contribution in [2.75, 3.05) is 19.6 Å². The normalized spacial score (nSPS) is 19.1. The lowest BCUT2D eigenvalue weighted by molar-refractivity contribution is 0.185. The SMILES string of the molecule is CC1CCN(Cc2ccc(C(C)CNC(C)C)cc2)CC1. The van der Waals surface area contributed by atoms with Gasteiger partial charge in [-0.25, -0.2) is 0 Å². The first kappa shape index (κ1) is 16.5. The third-order valence-electron chi connectivity index (χ3n) is 4.66. The number of rotatable bonds is 6. The maximum absolute atomic E-state index is 3.52. The zero-order chi connectivity index (χ0) is 15.2. The van der Waals surface area contributed by atoms with Crippen LogP contribution in [0, 0.1) is 5.92 Å². The van der Waals surface area contributed by atoms with Crippen LogP contribution in [0.3, 0.4) is 0 Å². The summed E-state index contributed by atoms with van der Waals surface area (Å²) in [5, 5.41) is 3.52. The largest absolute Gasteiger partial charge is 0.314 e. The van der Waals surface area contributed by atoms with E-state index in [2.05, 4.69) is 62.2 Å². The van der Waals surface area contributed by atoms with E-state index in [4.69, 9.17) is 0 Å². The van der Waals surface area contributed by atoms with Crippen LogP contribution in [0.1, 0.15) is 57.6 Å². The molecule has 1 fully saturated rings. The van der Waals surface area contributed by atoms with Gasteiger partial charge in [0, 0.05) is 19.1 Å². The van der Waals surface area contributed by atoms with E-state index >= 15 is 0 Å². The van der Waals surface area contributed by atoms with Crippen LogP contribution < -0.4 is 5.32 Å². The second kappa shape index (κ2) is 7.95. The van der Waals surface area contributed by atoms with Crippen molar-refractivity contribution >= 4 is 0 Å². The average Bonchev–Trinajstić information content (AvgIpc) is 2.48. The highest BCUT2D eigenvalue weighted by atomic mass is 15.1. The molecule has 2 heteroatoms. The van der Waals surface area contributed by atoms with Gasteiger partial charge in [-0.1, -0.05) is 52.0 Å². The van der Waals surface area contributed by atoms with E-state index in [-0.39, 0.29) is 0 Å². The highest BCUT2D eigenvalue weighted by Gasteiger charge is 2.15. The molecule has 0 saturated carbocycles. The zero-order valence-corrected chi connectivity index (χ0v) is 14.2. The summed E-state index contributed by atoms with van der Waals surface area (Å²) in [5.41, 5.74) is 2.90. The monoisotopic (exact) mass is 288 g/mol. The molecule has 1 aliphatic heterocycles. The fourth-order valence-corrected chi connectivity index (χ4v) is 2.96. The van der Waals surface area contributed by atoms with Crippen LogP contribution >= 0.6 is 0 Å². The quantitative estimate of drug-likeness (QED) is 0.850. The molecule has 1 heterocycles. The molecular formula is C19H32N2. The Kier molecular flexibility index (Phi) is 6.25. The van der Waals surface area contributed by atoms with E-state index in [0.29, 0.717) is 12.0 Å². The van der Waals surface area contributed by atoms with Gasteiger partial charge in [-0.2, -0.15) is 0 Å². The molecular weight excluding hydrogens is 256 g/mol. The van der Waals surface area contributed by atoms with Crippen LogP contribution in [0.5, 0.6) is 0 Å². The predicted octanol–water partition coefficient (Wildman–Crippen LogP) is 4.02. The van der Waals surface area contributed by atoms with Crippen molar-refractivity contribution in [1.29, 1.82) is 0 Å². The number of nitrogens with zero attached hydrogens (tertiary/aromatic N) is 1. The fourth-order valence-electron chi connectivity index (χ4n) is 2.96. The minimum Gasteiger partial charge on any atom is -0.314 e. The molecule has 0 amide bonds. The van der Waals surface area contributed by atoms with E-state index in [1.54, 1.807) is 0 Å². The predicted molar refractivity (Wildman–Crippen MR) is 91.7 cm³/mol. The molecule has 0 aromatic heterocycles. The van der Waals surface area contributed by atoms with Gasteiger partial charge in [-0.15, -0.1) is 0 Å². The Hall–Kier alpha value is -0.860. The van der Waals surface area contributed by atoms with Gasteiger partial charge in [-0.3, -0.25) is 4.90 Å². The molecule has 1 atom stereocenters. The van der Waals surface area contributed by atoms with Crippen molar-refractivity contribution in [3.8, 4) is 0 Å². The van der Waals surface area contributed by atoms with E-state index in [0.717, 1.165) is 19.0 Å². The highest BCUT2D eigenvalue weighted by Crippen LogP contribution is 2.20. The number of likely N-dealkylation sites (tertiary alicyclic amines) is 1. The lowest BCUT2D eigenvalue weighted by Gasteiger charge is -2.30. The molecule has 1 aromatic rings. The molecule has 2 rings (SSSR count). The molecule has 0 spiro atoms. The van der Waals surface area contributed by atoms with Crippen LogP contribution in [-0.2, 0) is 6.54 Å². The molecule has 2 nitrogen and oxygen atoms in total. The van der Waals surface area contributed by atoms with E-state index in [1.807, 2.05) is 0 Å². The summed E-state index contributed by atoms with van der Waals surface area (Å²) >= 11 is 0. The van der Waals surface area contributed by atoms with Gasteiger partial charge >= 0.3 is 0 Å². The van der Waals surface area contributed by atoms with Crippen molar-refractivity contribution in [1.82, 2.24) is 10.2 Å². The number of piperidine rings is 1. The molecule has 1 unspecified atom stereocenters. The van der Waals surface area contributed by atoms with E-state index in [1.165, 1.54) is 37.1 Å². The van der Waals surface area contributed by atoms with Gasteiger partial charge < -0.3 is 5.32 Å². The maximum atomic E-state index is 3.52. The Balaban J connectivity index is 1.84. The Morgan fingerprint density at radius 3 is 2.29 bits per heavy atom. The number of hydrogen-bond acceptors (Lipinski definition) is 2. The summed E-state index contributed by atoms with van der Waals surface area (Å²) in [6, 6.07) is 9.83. The highest BCUT2D eigenvalue weighted by molar-refractivity contribution is 5.25. The second-order valence-electron chi connectivity index (χ2n) is 7.16. The summed E-state index contributed by atoms with van der Waals surface area (Å²) in [7, 11) is 0. The Morgan fingerprint density at radius 2 is 1.71 bits per heavy atom. The molecule has 21 heavy (non-hydrogen) atoms. The van der Waals surface area contributed by atoms with E-state index in [9.17, 15) is 0 Å². The van der Waals surface area contributed by atoms with Gasteiger partial charge in [0.05, 0.1) is 0 Å². The van der Waals surface area contributed by atoms with Gasteiger partial charge in [-0.05, 0) is 48.9 Å². The van der Waals surface area contributed by atoms with Crippen LogP contribution in [0.4, 0.5) is 0 Å². The Bertz CT molecular complexity index is 402. The number of nitrogens with one attached hydrogen (secondary N) is 1. The summed E-state index contributed by atoms with van der Waals surface area (Å²) in [5.74, 6) is 1.50. The Labute approximate surface area is 130 Å². The third-order valence-corrected chi connectivity index (χ3v) is 4.66. The van der Waals surface area contributed by atoms with Crippen LogP contribution in [0.15, 0.2) is 24.3 Å². The molecule has 1 N–H and O–H groups in total. The third kappa shape index (κ3) is 5.44. The second-order valence-corrected chi connectivity index (χ2v) is 7.16. The summed E-state index contributed by atoms with van der Waals surface area (Å²) < 4.78 is 0. The van der Waals surface area contributed by atoms with Crippen LogP contribution in [0.2, 0.25) is 0 Å². The molecule has 1 aliphatic rings. The lowest BCUT2D eigenvalue weighted by Crippen LogP contribution is -2.32. The molecule has 118 valence electrons. The molecule has 0 bridgehead atoms. The topological polar surface area (TPSA) is 15.3 Å². The smallest absolute Gasteiger partial charge is 0.0233 e. The first-order valence-corrected chi connectivity index (χ1v) is 8.59. The molecule has 0 aliphatic carbocycles. The summed E-state index contributed by atoms with van der Waals surface area (Å²) in [6.45, 7) is 13.8. The van der Waals surface area contributed by atoms with Gasteiger partial charge in [0.2, 0.25) is 0 Å². The first-order valence-electron chi connectivity index (χ1n) is 8.59. The summed E-state index contributed by atoms with van der Waals surface area (Å²) in [6.07, 6.45) is 2.71. The summed E-state index contributed by atoms with van der Waals surface area (Å²) in [4.78, 5) is 2.60. The minimum atomic E-state index is 0.563. The fraction of sp³-hybridized carbons (Fsp3) is 0.684. The maximum Gasteiger partial charge on any atom is 0.0233 e. The molecule has 0 radical (unpaired) electrons. The lowest BCUT2D eigenvalue weighted by atomic mass is 9.97. The van der Waals surface area contributed by atoms with Crippen molar-refractivity contribution in [3.05, 3.63) is 35.4 Å². The Morgan fingerprint density at radius 1 is 1.10 bits per heavy atom. The van der Waals surface area contributed by atoms with Crippen molar-refractivity contribution in [3.63, 3.8) is 0 Å². The molecule has 1 aromatic carbocycles. The average molecular weight is 288 g/mol. The van der Waals surface area contributed by atoms with Crippen LogP contribution in [0.25, 0.3) is 0 Å². The van der Waals surface area contributed by atoms with Crippen LogP contribution in [-0.4, -0.2) is 30.6 Å². The first-order chi connectivity index (χ1) is 10.0. The standard InChI is InChI=1S/C19H32N2/c1-15(2)20-13-17(4)19-7-5-18(6-8-19)14-21-11-9-16(3)10-12-21/h5-8,15-17,20H,9-14H2,1-4H3. The van der Waals surface area contributed by atoms with Crippen molar-refractivity contribution in [2.24, 2.45) is 5.92 Å². The van der Waals surface area contributed by atoms with Gasteiger partial charge in [0.25, 0.3) is 0 Å². The van der Waals surface area contributed by atoms with Gasteiger partial charge in [0.1, 0.15) is 0 Å². The van der Waals surface area contributed by atoms with Crippen molar-refractivity contribution in [2.45, 2.75) is 59.0 Å². The molecule has 1 saturated heterocycles. The van der Waals surface area contributed by atoms with Gasteiger partial charge in [0.15, 0.2) is 0 Å². The van der Waals surface area contributed by atoms with Crippen molar-refractivity contribution < 1.29 is 0 Å². The van der Waals surface area contributed by atoms with E-state index < -0.39 is 0 Å². The minimum absolute atomic E-state index is 0.563.